The predicted octanol–water partition coefficient (Wildman–Crippen LogP) is 20.6. The number of allylic oxidation sites excluding steroid dienone is 3. The second kappa shape index (κ2) is 61.9. The van der Waals surface area contributed by atoms with Gasteiger partial charge in [0.2, 0.25) is 5.91 Å². The fraction of sp³-hybridized carbons (Fsp3) is 0.909. The molecule has 0 heterocycles. The Morgan fingerprint density at radius 3 is 0.986 bits per heavy atom. The molecule has 0 bridgehead atoms. The lowest BCUT2D eigenvalue weighted by Crippen LogP contribution is -2.45. The van der Waals surface area contributed by atoms with Gasteiger partial charge in [-0.1, -0.05) is 314 Å². The summed E-state index contributed by atoms with van der Waals surface area (Å²) in [6.45, 7) is 4.91. The number of carbonyl (C=O) groups is 2. The van der Waals surface area contributed by atoms with E-state index < -0.39 is 12.1 Å². The zero-order chi connectivity index (χ0) is 52.2. The highest BCUT2D eigenvalue weighted by Gasteiger charge is 2.18. The third-order valence-corrected chi connectivity index (χ3v) is 15.2. The summed E-state index contributed by atoms with van der Waals surface area (Å²) in [5.74, 6) is -0.0729. The van der Waals surface area contributed by atoms with Gasteiger partial charge < -0.3 is 20.3 Å². The number of rotatable bonds is 61. The van der Waals surface area contributed by atoms with Crippen LogP contribution in [0.25, 0.3) is 0 Å². The van der Waals surface area contributed by atoms with Crippen LogP contribution in [0.3, 0.4) is 0 Å². The minimum absolute atomic E-state index is 0.0000243. The van der Waals surface area contributed by atoms with E-state index in [1.807, 2.05) is 6.08 Å². The first-order valence-electron chi connectivity index (χ1n) is 32.6. The topological polar surface area (TPSA) is 95.9 Å². The molecule has 0 fully saturated rings. The van der Waals surface area contributed by atoms with E-state index >= 15 is 0 Å². The largest absolute Gasteiger partial charge is 0.466 e. The maximum atomic E-state index is 12.5. The zero-order valence-corrected chi connectivity index (χ0v) is 48.7. The van der Waals surface area contributed by atoms with Crippen LogP contribution in [0.4, 0.5) is 0 Å². The Morgan fingerprint density at radius 2 is 0.653 bits per heavy atom. The van der Waals surface area contributed by atoms with Crippen molar-refractivity contribution >= 4 is 11.9 Å². The molecular weight excluding hydrogens is 887 g/mol. The van der Waals surface area contributed by atoms with Crippen LogP contribution in [0.5, 0.6) is 0 Å². The molecule has 0 saturated heterocycles. The molecule has 2 unspecified atom stereocenters. The summed E-state index contributed by atoms with van der Waals surface area (Å²) < 4.78 is 5.50. The van der Waals surface area contributed by atoms with E-state index in [0.29, 0.717) is 19.4 Å². The number of unbranched alkanes of at least 4 members (excludes halogenated alkanes) is 48. The van der Waals surface area contributed by atoms with E-state index in [0.717, 1.165) is 51.4 Å². The standard InChI is InChI=1S/C66H127NO5/c1-3-5-7-9-11-13-15-17-19-21-23-24-26-27-30-34-38-42-46-50-54-58-64(69)63(62-68)67-65(70)59-55-51-47-43-39-35-31-29-33-37-41-45-49-53-57-61-72-66(71)60-56-52-48-44-40-36-32-28-25-22-20-18-16-14-12-10-8-6-4-2/h18,20,54,58,63-64,68-69H,3-17,19,21-53,55-57,59-62H2,1-2H3,(H,67,70)/b20-18-,58-54+. The van der Waals surface area contributed by atoms with Gasteiger partial charge in [0.1, 0.15) is 0 Å². The summed E-state index contributed by atoms with van der Waals surface area (Å²) >= 11 is 0. The predicted molar refractivity (Wildman–Crippen MR) is 315 cm³/mol. The molecule has 2 atom stereocenters. The molecule has 0 spiro atoms. The third-order valence-electron chi connectivity index (χ3n) is 15.2. The Bertz CT molecular complexity index is 1120. The number of aliphatic hydroxyl groups is 2. The van der Waals surface area contributed by atoms with Crippen molar-refractivity contribution in [3.63, 3.8) is 0 Å². The number of amides is 1. The van der Waals surface area contributed by atoms with Crippen LogP contribution in [-0.4, -0.2) is 47.4 Å². The first kappa shape index (κ1) is 70.3. The average Bonchev–Trinajstić information content (AvgIpc) is 3.38. The van der Waals surface area contributed by atoms with E-state index in [-0.39, 0.29) is 18.5 Å². The van der Waals surface area contributed by atoms with Crippen molar-refractivity contribution < 1.29 is 24.5 Å². The number of hydrogen-bond donors (Lipinski definition) is 3. The van der Waals surface area contributed by atoms with E-state index in [1.165, 1.54) is 283 Å². The Kier molecular flexibility index (Phi) is 60.5. The van der Waals surface area contributed by atoms with E-state index in [2.05, 4.69) is 31.3 Å². The molecule has 0 aliphatic rings. The van der Waals surface area contributed by atoms with E-state index in [1.54, 1.807) is 6.08 Å². The number of nitrogens with one attached hydrogen (secondary N) is 1. The SMILES string of the molecule is CCCCCCCC/C=C\CCCCCCCCCCCC(=O)OCCCCCCCCCCCCCCCCCC(=O)NC(CO)C(O)/C=C/CCCCCCCCCCCCCCCCCCCCC. The van der Waals surface area contributed by atoms with Crippen LogP contribution in [-0.2, 0) is 14.3 Å². The van der Waals surface area contributed by atoms with Crippen LogP contribution in [0.15, 0.2) is 24.3 Å². The zero-order valence-electron chi connectivity index (χ0n) is 48.7. The van der Waals surface area contributed by atoms with Gasteiger partial charge in [0.15, 0.2) is 0 Å². The van der Waals surface area contributed by atoms with E-state index in [4.69, 9.17) is 4.74 Å². The third kappa shape index (κ3) is 57.6. The number of hydrogen-bond acceptors (Lipinski definition) is 5. The van der Waals surface area contributed by atoms with Crippen LogP contribution in [0, 0.1) is 0 Å². The normalized spacial score (nSPS) is 12.7. The highest BCUT2D eigenvalue weighted by molar-refractivity contribution is 5.76. The van der Waals surface area contributed by atoms with Gasteiger partial charge in [-0.3, -0.25) is 9.59 Å². The van der Waals surface area contributed by atoms with Gasteiger partial charge in [-0.2, -0.15) is 0 Å². The fourth-order valence-corrected chi connectivity index (χ4v) is 10.2. The molecule has 0 aromatic rings. The lowest BCUT2D eigenvalue weighted by atomic mass is 10.0. The minimum Gasteiger partial charge on any atom is -0.466 e. The molecule has 72 heavy (non-hydrogen) atoms. The lowest BCUT2D eigenvalue weighted by Gasteiger charge is -2.20. The average molecular weight is 1010 g/mol. The minimum atomic E-state index is -0.851. The van der Waals surface area contributed by atoms with Gasteiger partial charge >= 0.3 is 5.97 Å². The second-order valence-corrected chi connectivity index (χ2v) is 22.5. The lowest BCUT2D eigenvalue weighted by molar-refractivity contribution is -0.143. The van der Waals surface area contributed by atoms with Gasteiger partial charge in [0.25, 0.3) is 0 Å². The summed E-state index contributed by atoms with van der Waals surface area (Å²) in [6.07, 6.45) is 76.5. The maximum Gasteiger partial charge on any atom is 0.305 e. The Labute approximate surface area is 450 Å². The molecule has 0 aromatic carbocycles. The number of aliphatic hydroxyl groups excluding tert-OH is 2. The quantitative estimate of drug-likeness (QED) is 0.0320. The Morgan fingerprint density at radius 1 is 0.375 bits per heavy atom. The molecular formula is C66H127NO5. The molecule has 3 N–H and O–H groups in total. The van der Waals surface area contributed by atoms with Gasteiger partial charge in [0.05, 0.1) is 25.4 Å². The molecule has 6 nitrogen and oxygen atoms in total. The van der Waals surface area contributed by atoms with Crippen LogP contribution < -0.4 is 5.32 Å². The van der Waals surface area contributed by atoms with Gasteiger partial charge in [-0.05, 0) is 57.8 Å². The number of ether oxygens (including phenoxy) is 1. The van der Waals surface area contributed by atoms with Crippen molar-refractivity contribution in [3.8, 4) is 0 Å². The highest BCUT2D eigenvalue weighted by Crippen LogP contribution is 2.18. The Balaban J connectivity index is 3.44. The molecule has 6 heteroatoms. The van der Waals surface area contributed by atoms with E-state index in [9.17, 15) is 19.8 Å². The number of carbonyl (C=O) groups excluding carboxylic acids is 2. The molecule has 0 saturated carbocycles. The van der Waals surface area contributed by atoms with Crippen molar-refractivity contribution in [1.82, 2.24) is 5.32 Å². The summed E-state index contributed by atoms with van der Waals surface area (Å²) in [6, 6.07) is -0.635. The van der Waals surface area contributed by atoms with Gasteiger partial charge in [-0.15, -0.1) is 0 Å². The number of esters is 1. The molecule has 0 aromatic heterocycles. The summed E-state index contributed by atoms with van der Waals surface area (Å²) in [7, 11) is 0. The molecule has 426 valence electrons. The first-order chi connectivity index (χ1) is 35.5. The van der Waals surface area contributed by atoms with Crippen molar-refractivity contribution in [3.05, 3.63) is 24.3 Å². The fourth-order valence-electron chi connectivity index (χ4n) is 10.2. The van der Waals surface area contributed by atoms with Crippen LogP contribution in [0.2, 0.25) is 0 Å². The Hall–Kier alpha value is -1.66. The summed E-state index contributed by atoms with van der Waals surface area (Å²) in [5, 5.41) is 23.2. The van der Waals surface area contributed by atoms with Gasteiger partial charge in [-0.25, -0.2) is 0 Å². The maximum absolute atomic E-state index is 12.5. The molecule has 0 rings (SSSR count). The van der Waals surface area contributed by atoms with Crippen LogP contribution >= 0.6 is 0 Å². The molecule has 0 aliphatic carbocycles. The van der Waals surface area contributed by atoms with Crippen molar-refractivity contribution in [2.45, 2.75) is 373 Å². The van der Waals surface area contributed by atoms with Crippen molar-refractivity contribution in [1.29, 1.82) is 0 Å². The monoisotopic (exact) mass is 1010 g/mol. The van der Waals surface area contributed by atoms with Crippen LogP contribution in [0.1, 0.15) is 361 Å². The molecule has 0 radical (unpaired) electrons. The van der Waals surface area contributed by atoms with Crippen molar-refractivity contribution in [2.75, 3.05) is 13.2 Å². The summed E-state index contributed by atoms with van der Waals surface area (Å²) in [5.41, 5.74) is 0. The highest BCUT2D eigenvalue weighted by atomic mass is 16.5. The second-order valence-electron chi connectivity index (χ2n) is 22.5. The first-order valence-corrected chi connectivity index (χ1v) is 32.6. The molecule has 1 amide bonds. The van der Waals surface area contributed by atoms with Crippen molar-refractivity contribution in [2.24, 2.45) is 0 Å². The molecule has 0 aliphatic heterocycles. The smallest absolute Gasteiger partial charge is 0.305 e. The summed E-state index contributed by atoms with van der Waals surface area (Å²) in [4.78, 5) is 24.6. The van der Waals surface area contributed by atoms with Gasteiger partial charge in [0, 0.05) is 12.8 Å².